The Labute approximate surface area is 121 Å². The number of rotatable bonds is 2. The van der Waals surface area contributed by atoms with Gasteiger partial charge in [-0.05, 0) is 38.0 Å². The van der Waals surface area contributed by atoms with E-state index in [0.717, 1.165) is 18.5 Å². The summed E-state index contributed by atoms with van der Waals surface area (Å²) in [6.45, 7) is 2.37. The molecule has 2 aromatic rings. The van der Waals surface area contributed by atoms with Crippen molar-refractivity contribution in [1.29, 1.82) is 0 Å². The van der Waals surface area contributed by atoms with Gasteiger partial charge in [-0.15, -0.1) is 0 Å². The molecular formula is C15H16FN3O2. The van der Waals surface area contributed by atoms with Crippen LogP contribution in [0.4, 0.5) is 4.39 Å². The first-order valence-electron chi connectivity index (χ1n) is 6.79. The van der Waals surface area contributed by atoms with Crippen molar-refractivity contribution >= 4 is 5.97 Å². The molecule has 0 amide bonds. The van der Waals surface area contributed by atoms with E-state index in [1.54, 1.807) is 6.07 Å². The van der Waals surface area contributed by atoms with Crippen molar-refractivity contribution in [1.82, 2.24) is 14.8 Å². The molecule has 0 radical (unpaired) electrons. The first-order chi connectivity index (χ1) is 10.0. The summed E-state index contributed by atoms with van der Waals surface area (Å²) < 4.78 is 19.6. The molecule has 0 aliphatic carbocycles. The van der Waals surface area contributed by atoms with Gasteiger partial charge in [-0.1, -0.05) is 0 Å². The Morgan fingerprint density at radius 2 is 2.24 bits per heavy atom. The van der Waals surface area contributed by atoms with Crippen LogP contribution in [0.1, 0.15) is 19.0 Å². The van der Waals surface area contributed by atoms with Crippen LogP contribution < -0.4 is 0 Å². The van der Waals surface area contributed by atoms with E-state index in [9.17, 15) is 9.18 Å². The highest BCUT2D eigenvalue weighted by Crippen LogP contribution is 2.33. The van der Waals surface area contributed by atoms with Crippen molar-refractivity contribution in [3.8, 4) is 11.4 Å². The minimum Gasteiger partial charge on any atom is -0.469 e. The lowest BCUT2D eigenvalue weighted by Crippen LogP contribution is -2.38. The van der Waals surface area contributed by atoms with Gasteiger partial charge in [0.15, 0.2) is 0 Å². The number of methoxy groups -OCH3 is 1. The number of aryl methyl sites for hydroxylation is 1. The fourth-order valence-corrected chi connectivity index (χ4v) is 2.67. The maximum Gasteiger partial charge on any atom is 0.313 e. The van der Waals surface area contributed by atoms with Crippen molar-refractivity contribution < 1.29 is 13.9 Å². The lowest BCUT2D eigenvalue weighted by atomic mass is 9.82. The topological polar surface area (TPSA) is 57.0 Å². The molecule has 3 heterocycles. The monoisotopic (exact) mass is 289 g/mol. The van der Waals surface area contributed by atoms with Crippen LogP contribution in [-0.2, 0) is 22.5 Å². The van der Waals surface area contributed by atoms with Crippen molar-refractivity contribution in [3.63, 3.8) is 0 Å². The molecule has 5 nitrogen and oxygen atoms in total. The standard InChI is InChI=1S/C15H16FN3O2/c1-15(14(20)21-2)6-5-11-7-13(18-19(11)9-15)12-4-3-10(16)8-17-12/h3-4,7-8H,5-6,9H2,1-2H3. The highest BCUT2D eigenvalue weighted by Gasteiger charge is 2.38. The van der Waals surface area contributed by atoms with Crippen LogP contribution in [0.25, 0.3) is 11.4 Å². The Kier molecular flexibility index (Phi) is 3.23. The molecule has 2 aromatic heterocycles. The molecule has 110 valence electrons. The number of aromatic nitrogens is 3. The maximum atomic E-state index is 12.9. The summed E-state index contributed by atoms with van der Waals surface area (Å²) in [6, 6.07) is 4.90. The van der Waals surface area contributed by atoms with E-state index in [4.69, 9.17) is 4.74 Å². The molecule has 1 aliphatic heterocycles. The minimum absolute atomic E-state index is 0.217. The van der Waals surface area contributed by atoms with Gasteiger partial charge in [-0.3, -0.25) is 14.5 Å². The number of fused-ring (bicyclic) bond motifs is 1. The molecule has 0 bridgehead atoms. The largest absolute Gasteiger partial charge is 0.469 e. The van der Waals surface area contributed by atoms with Crippen molar-refractivity contribution in [2.45, 2.75) is 26.3 Å². The summed E-state index contributed by atoms with van der Waals surface area (Å²) >= 11 is 0. The first-order valence-corrected chi connectivity index (χ1v) is 6.79. The SMILES string of the molecule is COC(=O)C1(C)CCc2cc(-c3ccc(F)cn3)nn2C1. The van der Waals surface area contributed by atoms with Crippen LogP contribution in [0, 0.1) is 11.2 Å². The van der Waals surface area contributed by atoms with Crippen LogP contribution in [0.5, 0.6) is 0 Å². The molecule has 0 aromatic carbocycles. The second-order valence-electron chi connectivity index (χ2n) is 5.59. The summed E-state index contributed by atoms with van der Waals surface area (Å²) in [7, 11) is 1.40. The Morgan fingerprint density at radius 1 is 1.43 bits per heavy atom. The van der Waals surface area contributed by atoms with Gasteiger partial charge in [0.1, 0.15) is 11.5 Å². The quantitative estimate of drug-likeness (QED) is 0.795. The molecule has 1 atom stereocenters. The van der Waals surface area contributed by atoms with E-state index in [2.05, 4.69) is 10.1 Å². The zero-order valence-electron chi connectivity index (χ0n) is 12.0. The van der Waals surface area contributed by atoms with Crippen LogP contribution in [-0.4, -0.2) is 27.8 Å². The number of ether oxygens (including phenoxy) is 1. The zero-order valence-corrected chi connectivity index (χ0v) is 12.0. The highest BCUT2D eigenvalue weighted by atomic mass is 19.1. The molecule has 3 rings (SSSR count). The first kappa shape index (κ1) is 13.7. The summed E-state index contributed by atoms with van der Waals surface area (Å²) in [5, 5.41) is 4.49. The maximum absolute atomic E-state index is 12.9. The Morgan fingerprint density at radius 3 is 2.90 bits per heavy atom. The summed E-state index contributed by atoms with van der Waals surface area (Å²) in [5.74, 6) is -0.592. The number of carbonyl (C=O) groups is 1. The van der Waals surface area contributed by atoms with E-state index in [0.29, 0.717) is 17.9 Å². The normalized spacial score (nSPS) is 20.9. The van der Waals surface area contributed by atoms with Gasteiger partial charge in [0.05, 0.1) is 31.0 Å². The fourth-order valence-electron chi connectivity index (χ4n) is 2.67. The van der Waals surface area contributed by atoms with Crippen molar-refractivity contribution in [3.05, 3.63) is 35.9 Å². The number of esters is 1. The van der Waals surface area contributed by atoms with E-state index in [-0.39, 0.29) is 11.8 Å². The lowest BCUT2D eigenvalue weighted by Gasteiger charge is -2.31. The smallest absolute Gasteiger partial charge is 0.313 e. The Balaban J connectivity index is 1.91. The molecular weight excluding hydrogens is 273 g/mol. The average Bonchev–Trinajstić information content (AvgIpc) is 2.89. The number of halogens is 1. The second-order valence-corrected chi connectivity index (χ2v) is 5.59. The number of pyridine rings is 1. The molecule has 1 unspecified atom stereocenters. The van der Waals surface area contributed by atoms with Gasteiger partial charge in [-0.25, -0.2) is 4.39 Å². The minimum atomic E-state index is -0.554. The predicted molar refractivity (Wildman–Crippen MR) is 73.9 cm³/mol. The van der Waals surface area contributed by atoms with Crippen LogP contribution in [0.3, 0.4) is 0 Å². The van der Waals surface area contributed by atoms with Gasteiger partial charge in [-0.2, -0.15) is 5.10 Å². The second kappa shape index (κ2) is 4.95. The van der Waals surface area contributed by atoms with E-state index in [1.807, 2.05) is 17.7 Å². The highest BCUT2D eigenvalue weighted by molar-refractivity contribution is 5.76. The summed E-state index contributed by atoms with van der Waals surface area (Å²) in [4.78, 5) is 15.9. The summed E-state index contributed by atoms with van der Waals surface area (Å²) in [6.07, 6.45) is 2.65. The molecule has 0 N–H and O–H groups in total. The lowest BCUT2D eigenvalue weighted by molar-refractivity contribution is -0.153. The molecule has 0 saturated heterocycles. The Bertz CT molecular complexity index is 681. The number of hydrogen-bond acceptors (Lipinski definition) is 4. The molecule has 6 heteroatoms. The van der Waals surface area contributed by atoms with E-state index >= 15 is 0 Å². The molecule has 1 aliphatic rings. The average molecular weight is 289 g/mol. The van der Waals surface area contributed by atoms with Crippen LogP contribution in [0.2, 0.25) is 0 Å². The van der Waals surface area contributed by atoms with Crippen LogP contribution >= 0.6 is 0 Å². The van der Waals surface area contributed by atoms with E-state index in [1.165, 1.54) is 19.4 Å². The van der Waals surface area contributed by atoms with Crippen molar-refractivity contribution in [2.75, 3.05) is 7.11 Å². The van der Waals surface area contributed by atoms with Gasteiger partial charge in [0.2, 0.25) is 0 Å². The molecule has 0 saturated carbocycles. The third-order valence-electron chi connectivity index (χ3n) is 3.96. The number of hydrogen-bond donors (Lipinski definition) is 0. The molecule has 0 fully saturated rings. The van der Waals surface area contributed by atoms with Crippen LogP contribution in [0.15, 0.2) is 24.4 Å². The van der Waals surface area contributed by atoms with Gasteiger partial charge < -0.3 is 4.74 Å². The van der Waals surface area contributed by atoms with Crippen molar-refractivity contribution in [2.24, 2.45) is 5.41 Å². The zero-order chi connectivity index (χ0) is 15.0. The van der Waals surface area contributed by atoms with Gasteiger partial charge >= 0.3 is 5.97 Å². The predicted octanol–water partition coefficient (Wildman–Crippen LogP) is 2.21. The third-order valence-corrected chi connectivity index (χ3v) is 3.96. The number of nitrogens with zero attached hydrogens (tertiary/aromatic N) is 3. The van der Waals surface area contributed by atoms with Gasteiger partial charge in [0.25, 0.3) is 0 Å². The van der Waals surface area contributed by atoms with E-state index < -0.39 is 5.41 Å². The number of carbonyl (C=O) groups excluding carboxylic acids is 1. The molecule has 0 spiro atoms. The summed E-state index contributed by atoms with van der Waals surface area (Å²) in [5.41, 5.74) is 1.82. The van der Waals surface area contributed by atoms with Gasteiger partial charge in [0, 0.05) is 5.69 Å². The Hall–Kier alpha value is -2.24. The fraction of sp³-hybridized carbons (Fsp3) is 0.400. The molecule has 21 heavy (non-hydrogen) atoms. The third kappa shape index (κ3) is 2.41.